The summed E-state index contributed by atoms with van der Waals surface area (Å²) in [6.45, 7) is 7.06. The molecule has 0 bridgehead atoms. The number of methoxy groups -OCH3 is 2. The Bertz CT molecular complexity index is 2620. The van der Waals surface area contributed by atoms with E-state index in [0.717, 1.165) is 31.0 Å². The Kier molecular flexibility index (Phi) is 19.2. The van der Waals surface area contributed by atoms with Crippen molar-refractivity contribution in [3.05, 3.63) is 81.0 Å². The van der Waals surface area contributed by atoms with Gasteiger partial charge in [0.15, 0.2) is 11.5 Å². The average Bonchev–Trinajstić information content (AvgIpc) is 3.63. The normalized spacial score (nSPS) is 16.0. The Morgan fingerprint density at radius 3 is 2.21 bits per heavy atom. The van der Waals surface area contributed by atoms with Crippen LogP contribution in [0.2, 0.25) is 10.0 Å². The molecule has 1 atom stereocenters. The van der Waals surface area contributed by atoms with Crippen LogP contribution in [0, 0.1) is 11.3 Å². The maximum Gasteiger partial charge on any atom is 0.262 e. The zero-order valence-electron chi connectivity index (χ0n) is 39.7. The number of benzene rings is 3. The monoisotopic (exact) mass is 1020 g/mol. The molecule has 1 unspecified atom stereocenters. The largest absolute Gasteiger partial charge is 0.495 e. The number of nitrogens with zero attached hydrogens (tertiary/aromatic N) is 5. The van der Waals surface area contributed by atoms with Gasteiger partial charge >= 0.3 is 0 Å². The van der Waals surface area contributed by atoms with Crippen molar-refractivity contribution in [1.29, 1.82) is 5.26 Å². The molecule has 0 saturated carbocycles. The van der Waals surface area contributed by atoms with Gasteiger partial charge in [0, 0.05) is 69.5 Å². The SMILES string of the molecule is COc1cc(Nc2c(C#N)cnc3cc(OCCCN4CCN(C(=O)CCOCCOCCOCCOCCCc5cccc6c5C(=O)N(C5CCC(=O)NC5=O)C6=O)CC4)c(OC)cc23)c(Cl)cc1Cl. The topological polar surface area (TPSA) is 220 Å². The minimum Gasteiger partial charge on any atom is -0.495 e. The Balaban J connectivity index is 0.700. The number of fused-ring (bicyclic) bond motifs is 2. The third-order valence-corrected chi connectivity index (χ3v) is 12.8. The summed E-state index contributed by atoms with van der Waals surface area (Å²) in [6.07, 6.45) is 3.84. The molecule has 71 heavy (non-hydrogen) atoms. The Labute approximate surface area is 421 Å². The number of amides is 5. The molecule has 2 N–H and O–H groups in total. The number of imide groups is 2. The smallest absolute Gasteiger partial charge is 0.262 e. The van der Waals surface area contributed by atoms with E-state index in [0.29, 0.717) is 158 Å². The van der Waals surface area contributed by atoms with E-state index >= 15 is 0 Å². The number of hydrogen-bond donors (Lipinski definition) is 2. The van der Waals surface area contributed by atoms with E-state index in [1.54, 1.807) is 49.6 Å². The van der Waals surface area contributed by atoms with Crippen molar-refractivity contribution in [2.24, 2.45) is 0 Å². The molecular formula is C50H57Cl2N7O12. The van der Waals surface area contributed by atoms with Crippen molar-refractivity contribution in [3.63, 3.8) is 0 Å². The minimum absolute atomic E-state index is 0.0614. The van der Waals surface area contributed by atoms with Crippen LogP contribution in [0.15, 0.2) is 48.7 Å². The zero-order chi connectivity index (χ0) is 50.3. The lowest BCUT2D eigenvalue weighted by Gasteiger charge is -2.34. The number of hydrogen-bond acceptors (Lipinski definition) is 16. The lowest BCUT2D eigenvalue weighted by Crippen LogP contribution is -2.54. The van der Waals surface area contributed by atoms with Gasteiger partial charge in [0.1, 0.15) is 17.9 Å². The Hall–Kier alpha value is -6.11. The molecule has 4 heterocycles. The zero-order valence-corrected chi connectivity index (χ0v) is 41.2. The number of aromatic nitrogens is 1. The first-order chi connectivity index (χ1) is 34.5. The van der Waals surface area contributed by atoms with Gasteiger partial charge in [-0.05, 0) is 49.4 Å². The summed E-state index contributed by atoms with van der Waals surface area (Å²) < 4.78 is 39.7. The third-order valence-electron chi connectivity index (χ3n) is 12.2. The maximum atomic E-state index is 13.3. The summed E-state index contributed by atoms with van der Waals surface area (Å²) >= 11 is 12.7. The number of piperazine rings is 1. The fourth-order valence-electron chi connectivity index (χ4n) is 8.54. The standard InChI is InChI=1S/C50H57Cl2N7O12/c1-65-41-29-39(36(51)27-37(41)52)55-47-33(30-53)31-54-38-28-43(42(66-2)26-35(38)47)71-18-5-12-57-13-15-58(16-14-57)45(61)11-19-68-21-23-70-25-24-69-22-20-67-17-4-7-32-6-3-8-34-46(32)50(64)59(49(34)63)40-9-10-44(60)56-48(40)62/h3,6,8,26-29,31,40H,4-5,7,9-25H2,1-2H3,(H,54,55)(H,56,60,62). The molecule has 378 valence electrons. The van der Waals surface area contributed by atoms with E-state index in [1.807, 2.05) is 4.90 Å². The van der Waals surface area contributed by atoms with Gasteiger partial charge in [-0.25, -0.2) is 0 Å². The third kappa shape index (κ3) is 13.4. The van der Waals surface area contributed by atoms with Gasteiger partial charge in [-0.2, -0.15) is 5.26 Å². The lowest BCUT2D eigenvalue weighted by atomic mass is 9.99. The number of carbonyl (C=O) groups excluding carboxylic acids is 5. The number of nitriles is 1. The maximum absolute atomic E-state index is 13.3. The van der Waals surface area contributed by atoms with E-state index in [-0.39, 0.29) is 24.3 Å². The first-order valence-electron chi connectivity index (χ1n) is 23.5. The van der Waals surface area contributed by atoms with Gasteiger partial charge in [-0.1, -0.05) is 35.3 Å². The molecule has 5 amide bonds. The Morgan fingerprint density at radius 2 is 1.52 bits per heavy atom. The van der Waals surface area contributed by atoms with E-state index in [4.69, 9.17) is 56.4 Å². The molecule has 3 aliphatic heterocycles. The molecule has 2 saturated heterocycles. The highest BCUT2D eigenvalue weighted by molar-refractivity contribution is 6.37. The van der Waals surface area contributed by atoms with Gasteiger partial charge in [0.2, 0.25) is 17.7 Å². The second kappa shape index (κ2) is 25.8. The van der Waals surface area contributed by atoms with E-state index in [1.165, 1.54) is 13.3 Å². The molecule has 3 aromatic carbocycles. The minimum atomic E-state index is -1.00. The van der Waals surface area contributed by atoms with Crippen molar-refractivity contribution in [3.8, 4) is 23.3 Å². The van der Waals surface area contributed by atoms with Gasteiger partial charge in [0.05, 0.1) is 117 Å². The molecule has 1 aromatic heterocycles. The van der Waals surface area contributed by atoms with Crippen LogP contribution in [0.5, 0.6) is 17.2 Å². The summed E-state index contributed by atoms with van der Waals surface area (Å²) in [5, 5.41) is 16.7. The number of halogens is 2. The van der Waals surface area contributed by atoms with Crippen LogP contribution < -0.4 is 24.8 Å². The molecule has 3 aliphatic rings. The first-order valence-corrected chi connectivity index (χ1v) is 24.2. The first kappa shape index (κ1) is 52.7. The van der Waals surface area contributed by atoms with E-state index < -0.39 is 29.7 Å². The molecule has 0 aliphatic carbocycles. The molecule has 0 spiro atoms. The van der Waals surface area contributed by atoms with Crippen LogP contribution in [-0.2, 0) is 39.8 Å². The number of carbonyl (C=O) groups is 5. The molecule has 7 rings (SSSR count). The molecular weight excluding hydrogens is 961 g/mol. The Morgan fingerprint density at radius 1 is 0.817 bits per heavy atom. The van der Waals surface area contributed by atoms with Crippen LogP contribution in [0.3, 0.4) is 0 Å². The van der Waals surface area contributed by atoms with Crippen molar-refractivity contribution in [2.75, 3.05) is 112 Å². The van der Waals surface area contributed by atoms with Gasteiger partial charge in [0.25, 0.3) is 11.8 Å². The van der Waals surface area contributed by atoms with Gasteiger partial charge in [-0.15, -0.1) is 0 Å². The van der Waals surface area contributed by atoms with Crippen LogP contribution in [-0.4, -0.2) is 162 Å². The number of aryl methyl sites for hydroxylation is 1. The van der Waals surface area contributed by atoms with Gasteiger partial charge < -0.3 is 43.4 Å². The van der Waals surface area contributed by atoms with E-state index in [2.05, 4.69) is 26.6 Å². The fourth-order valence-corrected chi connectivity index (χ4v) is 9.04. The number of rotatable bonds is 26. The number of pyridine rings is 1. The van der Waals surface area contributed by atoms with Crippen LogP contribution >= 0.6 is 23.2 Å². The highest BCUT2D eigenvalue weighted by atomic mass is 35.5. The predicted octanol–water partition coefficient (Wildman–Crippen LogP) is 5.58. The summed E-state index contributed by atoms with van der Waals surface area (Å²) in [5.74, 6) is -0.588. The number of ether oxygens (including phenoxy) is 7. The molecule has 21 heteroatoms. The van der Waals surface area contributed by atoms with Crippen molar-refractivity contribution >= 4 is 75.0 Å². The molecule has 4 aromatic rings. The van der Waals surface area contributed by atoms with Gasteiger partial charge in [-0.3, -0.25) is 44.1 Å². The number of piperidine rings is 1. The van der Waals surface area contributed by atoms with Crippen molar-refractivity contribution in [1.82, 2.24) is 25.0 Å². The second-order valence-corrected chi connectivity index (χ2v) is 17.6. The molecule has 19 nitrogen and oxygen atoms in total. The fraction of sp³-hybridized carbons (Fsp3) is 0.460. The summed E-state index contributed by atoms with van der Waals surface area (Å²) in [5.41, 5.74) is 3.18. The lowest BCUT2D eigenvalue weighted by molar-refractivity contribution is -0.136. The molecule has 2 fully saturated rings. The number of anilines is 2. The average molecular weight is 1020 g/mol. The predicted molar refractivity (Wildman–Crippen MR) is 262 cm³/mol. The van der Waals surface area contributed by atoms with Crippen LogP contribution in [0.25, 0.3) is 10.9 Å². The quantitative estimate of drug-likeness (QED) is 0.0579. The highest BCUT2D eigenvalue weighted by Gasteiger charge is 2.45. The van der Waals surface area contributed by atoms with Crippen molar-refractivity contribution < 1.29 is 57.1 Å². The summed E-state index contributed by atoms with van der Waals surface area (Å²) in [6, 6.07) is 13.1. The van der Waals surface area contributed by atoms with Crippen LogP contribution in [0.1, 0.15) is 63.9 Å². The number of nitrogens with one attached hydrogen (secondary N) is 2. The van der Waals surface area contributed by atoms with E-state index in [9.17, 15) is 29.2 Å². The second-order valence-electron chi connectivity index (χ2n) is 16.8. The highest BCUT2D eigenvalue weighted by Crippen LogP contribution is 2.40. The van der Waals surface area contributed by atoms with Crippen LogP contribution in [0.4, 0.5) is 11.4 Å². The summed E-state index contributed by atoms with van der Waals surface area (Å²) in [4.78, 5) is 72.8. The molecule has 0 radical (unpaired) electrons. The van der Waals surface area contributed by atoms with Crippen molar-refractivity contribution in [2.45, 2.75) is 44.6 Å². The summed E-state index contributed by atoms with van der Waals surface area (Å²) in [7, 11) is 3.06.